The first-order chi connectivity index (χ1) is 12.0. The summed E-state index contributed by atoms with van der Waals surface area (Å²) in [5.74, 6) is 0.633. The van der Waals surface area contributed by atoms with E-state index >= 15 is 0 Å². The van der Waals surface area contributed by atoms with Crippen molar-refractivity contribution in [3.63, 3.8) is 0 Å². The minimum atomic E-state index is -0.549. The number of methoxy groups -OCH3 is 2. The molecular weight excluding hydrogens is 346 g/mol. The summed E-state index contributed by atoms with van der Waals surface area (Å²) in [6.07, 6.45) is 0. The van der Waals surface area contributed by atoms with Crippen molar-refractivity contribution in [1.29, 1.82) is 0 Å². The zero-order chi connectivity index (χ0) is 18.0. The van der Waals surface area contributed by atoms with Crippen LogP contribution < -0.4 is 14.8 Å². The van der Waals surface area contributed by atoms with Gasteiger partial charge in [-0.3, -0.25) is 20.2 Å². The number of ether oxygens (including phenoxy) is 2. The fraction of sp³-hybridized carbons (Fsp3) is 0.125. The van der Waals surface area contributed by atoms with E-state index in [1.807, 2.05) is 0 Å². The molecule has 0 fully saturated rings. The lowest BCUT2D eigenvalue weighted by atomic mass is 10.2. The van der Waals surface area contributed by atoms with Crippen LogP contribution in [0.25, 0.3) is 10.2 Å². The van der Waals surface area contributed by atoms with Crippen LogP contribution in [0.15, 0.2) is 36.4 Å². The highest BCUT2D eigenvalue weighted by Crippen LogP contribution is 2.36. The van der Waals surface area contributed by atoms with Crippen LogP contribution in [0.2, 0.25) is 0 Å². The lowest BCUT2D eigenvalue weighted by molar-refractivity contribution is -0.384. The number of non-ortho nitro benzene ring substituents is 1. The monoisotopic (exact) mass is 359 g/mol. The van der Waals surface area contributed by atoms with Gasteiger partial charge in [0.25, 0.3) is 11.6 Å². The minimum absolute atomic E-state index is 0.147. The summed E-state index contributed by atoms with van der Waals surface area (Å²) >= 11 is 1.27. The van der Waals surface area contributed by atoms with E-state index in [1.165, 1.54) is 49.8 Å². The number of amides is 1. The van der Waals surface area contributed by atoms with E-state index in [0.29, 0.717) is 22.1 Å². The Kier molecular flexibility index (Phi) is 4.48. The Bertz CT molecular complexity index is 929. The van der Waals surface area contributed by atoms with Gasteiger partial charge in [0.05, 0.1) is 29.4 Å². The number of nitro benzene ring substituents is 1. The highest BCUT2D eigenvalue weighted by Gasteiger charge is 2.15. The lowest BCUT2D eigenvalue weighted by Gasteiger charge is -2.05. The summed E-state index contributed by atoms with van der Waals surface area (Å²) in [6, 6.07) is 8.99. The molecule has 0 unspecified atom stereocenters. The second-order valence-electron chi connectivity index (χ2n) is 4.96. The first kappa shape index (κ1) is 16.7. The smallest absolute Gasteiger partial charge is 0.270 e. The minimum Gasteiger partial charge on any atom is -0.493 e. The SMILES string of the molecule is COc1cc2nc(NC(=O)c3cccc([N+](=O)[O-])c3)sc2cc1OC. The van der Waals surface area contributed by atoms with Gasteiger partial charge in [0.2, 0.25) is 0 Å². The summed E-state index contributed by atoms with van der Waals surface area (Å²) in [5.41, 5.74) is 0.687. The van der Waals surface area contributed by atoms with E-state index in [4.69, 9.17) is 9.47 Å². The number of thiazole rings is 1. The molecule has 0 aliphatic heterocycles. The molecule has 1 amide bonds. The molecule has 128 valence electrons. The number of nitrogens with one attached hydrogen (secondary N) is 1. The normalized spacial score (nSPS) is 10.5. The number of hydrogen-bond donors (Lipinski definition) is 1. The van der Waals surface area contributed by atoms with Gasteiger partial charge in [-0.15, -0.1) is 0 Å². The molecule has 0 aliphatic rings. The number of benzene rings is 2. The molecule has 25 heavy (non-hydrogen) atoms. The number of hydrogen-bond acceptors (Lipinski definition) is 7. The average Bonchev–Trinajstić information content (AvgIpc) is 3.01. The maximum Gasteiger partial charge on any atom is 0.270 e. The molecule has 2 aromatic carbocycles. The summed E-state index contributed by atoms with van der Waals surface area (Å²) in [6.45, 7) is 0. The van der Waals surface area contributed by atoms with Gasteiger partial charge in [-0.05, 0) is 6.07 Å². The molecule has 0 saturated carbocycles. The average molecular weight is 359 g/mol. The number of aromatic nitrogens is 1. The highest BCUT2D eigenvalue weighted by molar-refractivity contribution is 7.22. The Morgan fingerprint density at radius 2 is 1.92 bits per heavy atom. The van der Waals surface area contributed by atoms with Crippen molar-refractivity contribution in [2.45, 2.75) is 0 Å². The maximum absolute atomic E-state index is 12.3. The van der Waals surface area contributed by atoms with Crippen molar-refractivity contribution in [1.82, 2.24) is 4.98 Å². The fourth-order valence-corrected chi connectivity index (χ4v) is 3.11. The van der Waals surface area contributed by atoms with Gasteiger partial charge in [0.15, 0.2) is 16.6 Å². The zero-order valence-corrected chi connectivity index (χ0v) is 14.1. The second-order valence-corrected chi connectivity index (χ2v) is 5.99. The summed E-state index contributed by atoms with van der Waals surface area (Å²) < 4.78 is 11.3. The lowest BCUT2D eigenvalue weighted by Crippen LogP contribution is -2.11. The standard InChI is InChI=1S/C16H13N3O5S/c1-23-12-7-11-14(8-13(12)24-2)25-16(17-11)18-15(20)9-4-3-5-10(6-9)19(21)22/h3-8H,1-2H3,(H,17,18,20). The van der Waals surface area contributed by atoms with Crippen molar-refractivity contribution < 1.29 is 19.2 Å². The quantitative estimate of drug-likeness (QED) is 0.552. The highest BCUT2D eigenvalue weighted by atomic mass is 32.1. The van der Waals surface area contributed by atoms with E-state index in [1.54, 1.807) is 12.1 Å². The molecule has 9 heteroatoms. The Balaban J connectivity index is 1.88. The van der Waals surface area contributed by atoms with Crippen molar-refractivity contribution in [3.05, 3.63) is 52.1 Å². The van der Waals surface area contributed by atoms with Gasteiger partial charge in [-0.2, -0.15) is 0 Å². The van der Waals surface area contributed by atoms with Gasteiger partial charge >= 0.3 is 0 Å². The fourth-order valence-electron chi connectivity index (χ4n) is 2.24. The number of rotatable bonds is 5. The molecule has 0 radical (unpaired) electrons. The first-order valence-electron chi connectivity index (χ1n) is 7.10. The molecule has 0 bridgehead atoms. The van der Waals surface area contributed by atoms with E-state index in [2.05, 4.69) is 10.3 Å². The molecule has 0 atom stereocenters. The molecule has 0 saturated heterocycles. The third-order valence-electron chi connectivity index (χ3n) is 3.43. The van der Waals surface area contributed by atoms with Gasteiger partial charge in [0, 0.05) is 29.8 Å². The van der Waals surface area contributed by atoms with Crippen LogP contribution in [0.5, 0.6) is 11.5 Å². The molecule has 0 spiro atoms. The zero-order valence-electron chi connectivity index (χ0n) is 13.3. The second kappa shape index (κ2) is 6.73. The van der Waals surface area contributed by atoms with E-state index in [0.717, 1.165) is 4.70 Å². The molecule has 3 rings (SSSR count). The number of anilines is 1. The Labute approximate surface area is 146 Å². The summed E-state index contributed by atoms with van der Waals surface area (Å²) in [5, 5.41) is 13.8. The van der Waals surface area contributed by atoms with Crippen molar-refractivity contribution in [2.75, 3.05) is 19.5 Å². The third-order valence-corrected chi connectivity index (χ3v) is 4.37. The number of carbonyl (C=O) groups excluding carboxylic acids is 1. The van der Waals surface area contributed by atoms with Crippen LogP contribution >= 0.6 is 11.3 Å². The molecule has 1 aromatic heterocycles. The Hall–Kier alpha value is -3.20. The summed E-state index contributed by atoms with van der Waals surface area (Å²) in [4.78, 5) is 26.9. The molecule has 3 aromatic rings. The van der Waals surface area contributed by atoms with Crippen LogP contribution in [0, 0.1) is 10.1 Å². The predicted octanol–water partition coefficient (Wildman–Crippen LogP) is 3.47. The van der Waals surface area contributed by atoms with Crippen LogP contribution in [0.4, 0.5) is 10.8 Å². The van der Waals surface area contributed by atoms with Crippen LogP contribution in [0.3, 0.4) is 0 Å². The van der Waals surface area contributed by atoms with Crippen LogP contribution in [-0.4, -0.2) is 30.0 Å². The van der Waals surface area contributed by atoms with Crippen LogP contribution in [0.1, 0.15) is 10.4 Å². The third kappa shape index (κ3) is 3.36. The van der Waals surface area contributed by atoms with Crippen molar-refractivity contribution >= 4 is 38.3 Å². The molecule has 1 N–H and O–H groups in total. The molecule has 1 heterocycles. The largest absolute Gasteiger partial charge is 0.493 e. The summed E-state index contributed by atoms with van der Waals surface area (Å²) in [7, 11) is 3.07. The number of fused-ring (bicyclic) bond motifs is 1. The van der Waals surface area contributed by atoms with Crippen molar-refractivity contribution in [3.8, 4) is 11.5 Å². The van der Waals surface area contributed by atoms with Gasteiger partial charge < -0.3 is 9.47 Å². The molecule has 0 aliphatic carbocycles. The number of carbonyl (C=O) groups is 1. The Morgan fingerprint density at radius 1 is 1.20 bits per heavy atom. The van der Waals surface area contributed by atoms with Gasteiger partial charge in [0.1, 0.15) is 0 Å². The number of nitro groups is 1. The van der Waals surface area contributed by atoms with Crippen molar-refractivity contribution in [2.24, 2.45) is 0 Å². The topological polar surface area (TPSA) is 104 Å². The Morgan fingerprint density at radius 3 is 2.60 bits per heavy atom. The number of nitrogens with zero attached hydrogens (tertiary/aromatic N) is 2. The van der Waals surface area contributed by atoms with E-state index < -0.39 is 10.8 Å². The predicted molar refractivity (Wildman–Crippen MR) is 93.8 cm³/mol. The van der Waals surface area contributed by atoms with E-state index in [9.17, 15) is 14.9 Å². The molecule has 8 nitrogen and oxygen atoms in total. The van der Waals surface area contributed by atoms with Gasteiger partial charge in [-0.25, -0.2) is 4.98 Å². The molecular formula is C16H13N3O5S. The first-order valence-corrected chi connectivity index (χ1v) is 7.92. The maximum atomic E-state index is 12.3. The van der Waals surface area contributed by atoms with Gasteiger partial charge in [-0.1, -0.05) is 17.4 Å². The van der Waals surface area contributed by atoms with E-state index in [-0.39, 0.29) is 11.3 Å². The van der Waals surface area contributed by atoms with Crippen LogP contribution in [-0.2, 0) is 0 Å².